The molecule has 1 amide bonds. The van der Waals surface area contributed by atoms with E-state index in [2.05, 4.69) is 9.88 Å². The molecule has 0 bridgehead atoms. The van der Waals surface area contributed by atoms with Crippen LogP contribution < -0.4 is 14.4 Å². The molecule has 0 saturated heterocycles. The lowest BCUT2D eigenvalue weighted by Gasteiger charge is -2.22. The molecule has 6 nitrogen and oxygen atoms in total. The summed E-state index contributed by atoms with van der Waals surface area (Å²) in [6, 6.07) is 13.6. The molecule has 3 aromatic rings. The molecule has 0 spiro atoms. The topological polar surface area (TPSA) is 54.9 Å². The molecular formula is C20H21N3O3S. The maximum absolute atomic E-state index is 13.1. The number of ether oxygens (including phenoxy) is 2. The number of likely N-dealkylation sites (N-methyl/N-ethyl adjacent to an activating group) is 1. The van der Waals surface area contributed by atoms with E-state index < -0.39 is 0 Å². The third-order valence-electron chi connectivity index (χ3n) is 4.38. The van der Waals surface area contributed by atoms with Gasteiger partial charge in [0.05, 0.1) is 16.6 Å². The fourth-order valence-electron chi connectivity index (χ4n) is 2.92. The number of carbonyl (C=O) groups is 1. The van der Waals surface area contributed by atoms with Gasteiger partial charge in [0.2, 0.25) is 12.7 Å². The number of amides is 1. The molecule has 1 aromatic heterocycles. The van der Waals surface area contributed by atoms with Crippen molar-refractivity contribution >= 4 is 32.6 Å². The van der Waals surface area contributed by atoms with Gasteiger partial charge in [0.25, 0.3) is 0 Å². The maximum Gasteiger partial charge on any atom is 0.233 e. The van der Waals surface area contributed by atoms with Crippen LogP contribution in [0, 0.1) is 0 Å². The first-order valence-corrected chi connectivity index (χ1v) is 9.61. The summed E-state index contributed by atoms with van der Waals surface area (Å²) >= 11 is 1.55. The minimum atomic E-state index is 0.0229. The van der Waals surface area contributed by atoms with Gasteiger partial charge in [0.15, 0.2) is 16.6 Å². The number of benzene rings is 2. The molecule has 7 heteroatoms. The zero-order valence-electron chi connectivity index (χ0n) is 15.3. The van der Waals surface area contributed by atoms with Crippen LogP contribution in [0.1, 0.15) is 5.56 Å². The molecule has 0 aliphatic carbocycles. The summed E-state index contributed by atoms with van der Waals surface area (Å²) < 4.78 is 11.8. The summed E-state index contributed by atoms with van der Waals surface area (Å²) in [6.45, 7) is 1.59. The van der Waals surface area contributed by atoms with Crippen molar-refractivity contribution in [2.24, 2.45) is 0 Å². The largest absolute Gasteiger partial charge is 0.454 e. The highest BCUT2D eigenvalue weighted by atomic mass is 32.1. The SMILES string of the molecule is CN(C)CCN(C(=O)Cc1ccc2c(c1)OCO2)c1nc2ccccc2s1. The van der Waals surface area contributed by atoms with Crippen molar-refractivity contribution < 1.29 is 14.3 Å². The van der Waals surface area contributed by atoms with Gasteiger partial charge in [-0.15, -0.1) is 0 Å². The highest BCUT2D eigenvalue weighted by Gasteiger charge is 2.21. The number of hydrogen-bond donors (Lipinski definition) is 0. The van der Waals surface area contributed by atoms with Gasteiger partial charge >= 0.3 is 0 Å². The van der Waals surface area contributed by atoms with Gasteiger partial charge < -0.3 is 14.4 Å². The van der Waals surface area contributed by atoms with E-state index in [1.54, 1.807) is 16.2 Å². The van der Waals surface area contributed by atoms with E-state index >= 15 is 0 Å². The summed E-state index contributed by atoms with van der Waals surface area (Å²) in [6.07, 6.45) is 0.292. The Hall–Kier alpha value is -2.64. The van der Waals surface area contributed by atoms with E-state index in [1.807, 2.05) is 56.6 Å². The minimum absolute atomic E-state index is 0.0229. The zero-order valence-corrected chi connectivity index (χ0v) is 16.2. The predicted octanol–water partition coefficient (Wildman–Crippen LogP) is 3.16. The lowest BCUT2D eigenvalue weighted by molar-refractivity contribution is -0.118. The molecule has 0 saturated carbocycles. The molecule has 0 fully saturated rings. The molecule has 140 valence electrons. The molecule has 27 heavy (non-hydrogen) atoms. The van der Waals surface area contributed by atoms with Crippen molar-refractivity contribution in [1.29, 1.82) is 0 Å². The molecule has 0 N–H and O–H groups in total. The second-order valence-electron chi connectivity index (χ2n) is 6.68. The van der Waals surface area contributed by atoms with Crippen molar-refractivity contribution in [3.63, 3.8) is 0 Å². The van der Waals surface area contributed by atoms with Crippen LogP contribution in [0.3, 0.4) is 0 Å². The highest BCUT2D eigenvalue weighted by Crippen LogP contribution is 2.33. The fourth-order valence-corrected chi connectivity index (χ4v) is 3.93. The normalized spacial score (nSPS) is 12.7. The third-order valence-corrected chi connectivity index (χ3v) is 5.44. The molecule has 4 rings (SSSR count). The lowest BCUT2D eigenvalue weighted by atomic mass is 10.1. The van der Waals surface area contributed by atoms with Crippen LogP contribution in [-0.4, -0.2) is 49.8 Å². The van der Waals surface area contributed by atoms with E-state index in [1.165, 1.54) is 0 Å². The second kappa shape index (κ2) is 7.54. The number of rotatable bonds is 6. The smallest absolute Gasteiger partial charge is 0.233 e. The van der Waals surface area contributed by atoms with Crippen molar-refractivity contribution in [1.82, 2.24) is 9.88 Å². The Labute approximate surface area is 161 Å². The van der Waals surface area contributed by atoms with Crippen LogP contribution in [-0.2, 0) is 11.2 Å². The van der Waals surface area contributed by atoms with Gasteiger partial charge in [-0.05, 0) is 43.9 Å². The number of hydrogen-bond acceptors (Lipinski definition) is 6. The Morgan fingerprint density at radius 3 is 2.74 bits per heavy atom. The molecule has 1 aliphatic rings. The van der Waals surface area contributed by atoms with E-state index in [-0.39, 0.29) is 12.7 Å². The molecule has 0 unspecified atom stereocenters. The van der Waals surface area contributed by atoms with Crippen molar-refractivity contribution in [2.45, 2.75) is 6.42 Å². The van der Waals surface area contributed by atoms with Crippen molar-refractivity contribution in [2.75, 3.05) is 38.9 Å². The minimum Gasteiger partial charge on any atom is -0.454 e. The van der Waals surface area contributed by atoms with Crippen molar-refractivity contribution in [3.05, 3.63) is 48.0 Å². The molecule has 2 heterocycles. The maximum atomic E-state index is 13.1. The second-order valence-corrected chi connectivity index (χ2v) is 7.69. The quantitative estimate of drug-likeness (QED) is 0.654. The van der Waals surface area contributed by atoms with Gasteiger partial charge in [-0.2, -0.15) is 0 Å². The van der Waals surface area contributed by atoms with E-state index in [4.69, 9.17) is 9.47 Å². The summed E-state index contributed by atoms with van der Waals surface area (Å²) in [5, 5.41) is 0.740. The molecule has 2 aromatic carbocycles. The molecular weight excluding hydrogens is 362 g/mol. The number of anilines is 1. The summed E-state index contributed by atoms with van der Waals surface area (Å²) in [5.74, 6) is 1.44. The average molecular weight is 383 g/mol. The number of carbonyl (C=O) groups excluding carboxylic acids is 1. The summed E-state index contributed by atoms with van der Waals surface area (Å²) in [7, 11) is 4.00. The van der Waals surface area contributed by atoms with Crippen LogP contribution in [0.25, 0.3) is 10.2 Å². The van der Waals surface area contributed by atoms with E-state index in [9.17, 15) is 4.79 Å². The number of fused-ring (bicyclic) bond motifs is 2. The van der Waals surface area contributed by atoms with Gasteiger partial charge in [-0.1, -0.05) is 29.5 Å². The Kier molecular flexibility index (Phi) is 4.96. The van der Waals surface area contributed by atoms with Crippen LogP contribution in [0.15, 0.2) is 42.5 Å². The first-order chi connectivity index (χ1) is 13.1. The molecule has 1 aliphatic heterocycles. The van der Waals surface area contributed by atoms with Gasteiger partial charge in [0.1, 0.15) is 0 Å². The Bertz CT molecular complexity index is 937. The summed E-state index contributed by atoms with van der Waals surface area (Å²) in [5.41, 5.74) is 1.82. The zero-order chi connectivity index (χ0) is 18.8. The van der Waals surface area contributed by atoms with E-state index in [0.29, 0.717) is 18.7 Å². The number of aromatic nitrogens is 1. The van der Waals surface area contributed by atoms with Crippen LogP contribution in [0.5, 0.6) is 11.5 Å². The monoisotopic (exact) mass is 383 g/mol. The first-order valence-electron chi connectivity index (χ1n) is 8.79. The predicted molar refractivity (Wildman–Crippen MR) is 107 cm³/mol. The van der Waals surface area contributed by atoms with Crippen LogP contribution in [0.2, 0.25) is 0 Å². The van der Waals surface area contributed by atoms with Gasteiger partial charge in [0, 0.05) is 13.1 Å². The van der Waals surface area contributed by atoms with Gasteiger partial charge in [-0.25, -0.2) is 4.98 Å². The lowest BCUT2D eigenvalue weighted by Crippen LogP contribution is -2.37. The highest BCUT2D eigenvalue weighted by molar-refractivity contribution is 7.22. The Morgan fingerprint density at radius 2 is 1.93 bits per heavy atom. The van der Waals surface area contributed by atoms with Crippen LogP contribution in [0.4, 0.5) is 5.13 Å². The number of para-hydroxylation sites is 1. The van der Waals surface area contributed by atoms with Crippen molar-refractivity contribution in [3.8, 4) is 11.5 Å². The van der Waals surface area contributed by atoms with Gasteiger partial charge in [-0.3, -0.25) is 9.69 Å². The number of nitrogens with zero attached hydrogens (tertiary/aromatic N) is 3. The average Bonchev–Trinajstić information content (AvgIpc) is 3.27. The third kappa shape index (κ3) is 3.89. The Morgan fingerprint density at radius 1 is 1.11 bits per heavy atom. The first kappa shape index (κ1) is 17.8. The number of thiazole rings is 1. The fraction of sp³-hybridized carbons (Fsp3) is 0.300. The molecule has 0 atom stereocenters. The van der Waals surface area contributed by atoms with E-state index in [0.717, 1.165) is 33.2 Å². The standard InChI is InChI=1S/C20H21N3O3S/c1-22(2)9-10-23(20-21-15-5-3-4-6-18(15)27-20)19(24)12-14-7-8-16-17(11-14)26-13-25-16/h3-8,11H,9-10,12-13H2,1-2H3. The van der Waals surface area contributed by atoms with Crippen LogP contribution >= 0.6 is 11.3 Å². The molecule has 0 radical (unpaired) electrons. The summed E-state index contributed by atoms with van der Waals surface area (Å²) in [4.78, 5) is 21.6. The Balaban J connectivity index is 1.58.